The molecule has 17 heavy (non-hydrogen) atoms. The van der Waals surface area contributed by atoms with Crippen molar-refractivity contribution in [1.82, 2.24) is 14.5 Å². The molecule has 0 fully saturated rings. The molecule has 0 bridgehead atoms. The number of hydrogen-bond donors (Lipinski definition) is 1. The number of anilines is 1. The van der Waals surface area contributed by atoms with Gasteiger partial charge >= 0.3 is 0 Å². The van der Waals surface area contributed by atoms with E-state index < -0.39 is 0 Å². The van der Waals surface area contributed by atoms with Gasteiger partial charge in [0.15, 0.2) is 5.65 Å². The highest BCUT2D eigenvalue weighted by atomic mass is 15.2. The first-order valence-electron chi connectivity index (χ1n) is 6.15. The van der Waals surface area contributed by atoms with Gasteiger partial charge in [0.05, 0.1) is 0 Å². The Kier molecular flexibility index (Phi) is 3.05. The van der Waals surface area contributed by atoms with E-state index in [1.54, 1.807) is 0 Å². The lowest BCUT2D eigenvalue weighted by molar-refractivity contribution is 0.379. The van der Waals surface area contributed by atoms with Crippen LogP contribution in [0.2, 0.25) is 0 Å². The van der Waals surface area contributed by atoms with Crippen molar-refractivity contribution in [2.24, 2.45) is 5.92 Å². The normalized spacial score (nSPS) is 15.1. The summed E-state index contributed by atoms with van der Waals surface area (Å²) < 4.78 is 2.05. The second kappa shape index (κ2) is 4.35. The fourth-order valence-electron chi connectivity index (χ4n) is 2.08. The molecule has 2 rings (SSSR count). The van der Waals surface area contributed by atoms with Gasteiger partial charge in [-0.25, -0.2) is 9.97 Å². The molecule has 92 valence electrons. The van der Waals surface area contributed by atoms with Crippen LogP contribution in [0, 0.1) is 12.8 Å². The molecule has 4 heteroatoms. The highest BCUT2D eigenvalue weighted by Crippen LogP contribution is 2.27. The van der Waals surface area contributed by atoms with Gasteiger partial charge in [0, 0.05) is 11.7 Å². The number of nitrogens with zero attached hydrogens (tertiary/aromatic N) is 3. The number of nitrogen functional groups attached to an aromatic ring is 1. The minimum atomic E-state index is 0.319. The predicted molar refractivity (Wildman–Crippen MR) is 70.8 cm³/mol. The fourth-order valence-corrected chi connectivity index (χ4v) is 2.08. The highest BCUT2D eigenvalue weighted by molar-refractivity contribution is 5.74. The van der Waals surface area contributed by atoms with Crippen LogP contribution in [-0.4, -0.2) is 14.5 Å². The summed E-state index contributed by atoms with van der Waals surface area (Å²) in [5.74, 6) is 1.11. The first-order valence-corrected chi connectivity index (χ1v) is 6.15. The molecule has 0 aromatic carbocycles. The molecular formula is C13H20N4. The Labute approximate surface area is 102 Å². The van der Waals surface area contributed by atoms with Crippen LogP contribution in [0.25, 0.3) is 11.2 Å². The summed E-state index contributed by atoms with van der Waals surface area (Å²) in [5, 5.41) is 0. The number of imidazole rings is 1. The van der Waals surface area contributed by atoms with Crippen molar-refractivity contribution < 1.29 is 0 Å². The van der Waals surface area contributed by atoms with E-state index in [9.17, 15) is 0 Å². The number of aromatic nitrogens is 3. The molecule has 2 aromatic rings. The van der Waals surface area contributed by atoms with Crippen molar-refractivity contribution in [1.29, 1.82) is 0 Å². The third-order valence-electron chi connectivity index (χ3n) is 3.58. The Morgan fingerprint density at radius 2 is 2.00 bits per heavy atom. The summed E-state index contributed by atoms with van der Waals surface area (Å²) >= 11 is 0. The van der Waals surface area contributed by atoms with Crippen LogP contribution in [0.3, 0.4) is 0 Å². The number of pyridine rings is 1. The molecule has 0 aliphatic carbocycles. The molecule has 4 nitrogen and oxygen atoms in total. The fraction of sp³-hybridized carbons (Fsp3) is 0.538. The first-order chi connectivity index (χ1) is 8.04. The SMILES string of the molecule is CCC(C)C(C)n1c(N)nc2ccc(C)nc21. The van der Waals surface area contributed by atoms with Gasteiger partial charge < -0.3 is 5.73 Å². The smallest absolute Gasteiger partial charge is 0.202 e. The van der Waals surface area contributed by atoms with E-state index in [0.717, 1.165) is 23.3 Å². The number of aryl methyl sites for hydroxylation is 1. The van der Waals surface area contributed by atoms with Gasteiger partial charge in [0.1, 0.15) is 5.52 Å². The van der Waals surface area contributed by atoms with Crippen LogP contribution < -0.4 is 5.73 Å². The van der Waals surface area contributed by atoms with E-state index in [2.05, 4.69) is 35.3 Å². The summed E-state index contributed by atoms with van der Waals surface area (Å²) in [7, 11) is 0. The molecule has 0 saturated heterocycles. The Hall–Kier alpha value is -1.58. The minimum absolute atomic E-state index is 0.319. The van der Waals surface area contributed by atoms with E-state index >= 15 is 0 Å². The molecule has 2 aromatic heterocycles. The maximum absolute atomic E-state index is 6.01. The van der Waals surface area contributed by atoms with Crippen molar-refractivity contribution in [3.8, 4) is 0 Å². The summed E-state index contributed by atoms with van der Waals surface area (Å²) in [6.07, 6.45) is 1.12. The van der Waals surface area contributed by atoms with Gasteiger partial charge in [-0.2, -0.15) is 0 Å². The maximum Gasteiger partial charge on any atom is 0.202 e. The van der Waals surface area contributed by atoms with E-state index in [0.29, 0.717) is 17.9 Å². The van der Waals surface area contributed by atoms with E-state index in [1.807, 2.05) is 19.1 Å². The number of hydrogen-bond acceptors (Lipinski definition) is 3. The number of rotatable bonds is 3. The summed E-state index contributed by atoms with van der Waals surface area (Å²) in [6.45, 7) is 8.58. The van der Waals surface area contributed by atoms with Gasteiger partial charge in [0.2, 0.25) is 5.95 Å². The molecule has 0 saturated carbocycles. The number of fused-ring (bicyclic) bond motifs is 1. The Bertz CT molecular complexity index is 529. The summed E-state index contributed by atoms with van der Waals surface area (Å²) in [6, 6.07) is 4.26. The summed E-state index contributed by atoms with van der Waals surface area (Å²) in [5.41, 5.74) is 8.78. The lowest BCUT2D eigenvalue weighted by Gasteiger charge is -2.21. The van der Waals surface area contributed by atoms with Crippen molar-refractivity contribution in [2.45, 2.75) is 40.2 Å². The van der Waals surface area contributed by atoms with Crippen LogP contribution in [0.4, 0.5) is 5.95 Å². The monoisotopic (exact) mass is 232 g/mol. The van der Waals surface area contributed by atoms with Crippen LogP contribution in [-0.2, 0) is 0 Å². The molecule has 0 amide bonds. The predicted octanol–water partition coefficient (Wildman–Crippen LogP) is 2.93. The van der Waals surface area contributed by atoms with Crippen LogP contribution in [0.15, 0.2) is 12.1 Å². The lowest BCUT2D eigenvalue weighted by atomic mass is 10.0. The molecule has 2 unspecified atom stereocenters. The van der Waals surface area contributed by atoms with Crippen molar-refractivity contribution in [3.05, 3.63) is 17.8 Å². The third kappa shape index (κ3) is 1.99. The standard InChI is InChI=1S/C13H20N4/c1-5-8(2)10(4)17-12-11(16-13(17)14)7-6-9(3)15-12/h6-8,10H,5H2,1-4H3,(H2,14,16). The van der Waals surface area contributed by atoms with E-state index in [1.165, 1.54) is 0 Å². The molecular weight excluding hydrogens is 212 g/mol. The van der Waals surface area contributed by atoms with Crippen molar-refractivity contribution in [2.75, 3.05) is 5.73 Å². The highest BCUT2D eigenvalue weighted by Gasteiger charge is 2.19. The molecule has 0 aliphatic heterocycles. The van der Waals surface area contributed by atoms with E-state index in [4.69, 9.17) is 5.73 Å². The van der Waals surface area contributed by atoms with Crippen LogP contribution in [0.1, 0.15) is 38.9 Å². The average Bonchev–Trinajstić information content (AvgIpc) is 2.62. The van der Waals surface area contributed by atoms with Gasteiger partial charge in [-0.05, 0) is 31.9 Å². The zero-order valence-electron chi connectivity index (χ0n) is 10.9. The number of nitrogens with two attached hydrogens (primary N) is 1. The minimum Gasteiger partial charge on any atom is -0.369 e. The van der Waals surface area contributed by atoms with Gasteiger partial charge in [-0.3, -0.25) is 4.57 Å². The van der Waals surface area contributed by atoms with Crippen LogP contribution in [0.5, 0.6) is 0 Å². The third-order valence-corrected chi connectivity index (χ3v) is 3.58. The molecule has 2 N–H and O–H groups in total. The molecule has 0 aliphatic rings. The Morgan fingerprint density at radius 3 is 2.65 bits per heavy atom. The molecule has 2 atom stereocenters. The second-order valence-corrected chi connectivity index (χ2v) is 4.76. The van der Waals surface area contributed by atoms with Gasteiger partial charge in [0.25, 0.3) is 0 Å². The van der Waals surface area contributed by atoms with Crippen LogP contribution >= 0.6 is 0 Å². The zero-order chi connectivity index (χ0) is 12.6. The Morgan fingerprint density at radius 1 is 1.29 bits per heavy atom. The lowest BCUT2D eigenvalue weighted by Crippen LogP contribution is -2.16. The zero-order valence-corrected chi connectivity index (χ0v) is 10.9. The molecule has 0 spiro atoms. The van der Waals surface area contributed by atoms with Gasteiger partial charge in [-0.15, -0.1) is 0 Å². The quantitative estimate of drug-likeness (QED) is 0.885. The van der Waals surface area contributed by atoms with E-state index in [-0.39, 0.29) is 0 Å². The first kappa shape index (κ1) is 11.9. The molecule has 0 radical (unpaired) electrons. The average molecular weight is 232 g/mol. The van der Waals surface area contributed by atoms with Crippen molar-refractivity contribution in [3.63, 3.8) is 0 Å². The topological polar surface area (TPSA) is 56.7 Å². The Balaban J connectivity index is 2.59. The summed E-state index contributed by atoms with van der Waals surface area (Å²) in [4.78, 5) is 8.92. The maximum atomic E-state index is 6.01. The molecule has 2 heterocycles. The van der Waals surface area contributed by atoms with Crippen molar-refractivity contribution >= 4 is 17.1 Å². The van der Waals surface area contributed by atoms with Gasteiger partial charge in [-0.1, -0.05) is 20.3 Å². The largest absolute Gasteiger partial charge is 0.369 e. The second-order valence-electron chi connectivity index (χ2n) is 4.76.